The summed E-state index contributed by atoms with van der Waals surface area (Å²) in [6.45, 7) is 35.3. The van der Waals surface area contributed by atoms with Gasteiger partial charge in [0.1, 0.15) is 0 Å². The summed E-state index contributed by atoms with van der Waals surface area (Å²) in [5, 5.41) is 8.21. The molecule has 0 unspecified atom stereocenters. The molecule has 0 aromatic heterocycles. The van der Waals surface area contributed by atoms with Crippen LogP contribution in [-0.4, -0.2) is 25.0 Å². The van der Waals surface area contributed by atoms with Gasteiger partial charge in [0, 0.05) is 0 Å². The van der Waals surface area contributed by atoms with Crippen LogP contribution in [0.4, 0.5) is 0 Å². The molecule has 0 aliphatic heterocycles. The van der Waals surface area contributed by atoms with Crippen molar-refractivity contribution in [3.05, 3.63) is 123 Å². The zero-order chi connectivity index (χ0) is 37.9. The average Bonchev–Trinajstić information content (AvgIpc) is 3.72. The van der Waals surface area contributed by atoms with E-state index < -0.39 is 25.0 Å². The molecule has 6 aromatic carbocycles. The van der Waals surface area contributed by atoms with E-state index in [1.807, 2.05) is 0 Å². The first-order valence-corrected chi connectivity index (χ1v) is 28.7. The fourth-order valence-electron chi connectivity index (χ4n) is 6.21. The van der Waals surface area contributed by atoms with E-state index in [0.717, 1.165) is 19.8 Å². The molecule has 0 aliphatic rings. The van der Waals surface area contributed by atoms with Crippen LogP contribution in [-0.2, 0) is 59.3 Å². The minimum Gasteiger partial charge on any atom is -1.00 e. The Morgan fingerprint density at radius 2 is 0.630 bits per heavy atom. The molecule has 294 valence electrons. The SMILES string of the molecule is Cc1cc2c(CO[Si](C)(C)C)ccc(C)c2[cH-]1.Cc1cc2c(CO[Si](C)(C)C)ccc(C)c2[cH-]1.Cc1cc2c(CO[Si](C)(C)C)ccc(C)c2[cH-]1.[Cl-].[Cl-].[Zr+2]. The smallest absolute Gasteiger partial charge is 1.00 e. The Morgan fingerprint density at radius 3 is 0.833 bits per heavy atom. The molecular formula is C45H63Cl2O3Si3Zr-3. The summed E-state index contributed by atoms with van der Waals surface area (Å²) in [5.74, 6) is 0. The molecule has 3 nitrogen and oxygen atoms in total. The molecule has 0 aliphatic carbocycles. The zero-order valence-electron chi connectivity index (χ0n) is 35.5. The molecule has 0 saturated carbocycles. The van der Waals surface area contributed by atoms with E-state index in [9.17, 15) is 0 Å². The number of aryl methyl sites for hydroxylation is 6. The molecule has 0 radical (unpaired) electrons. The van der Waals surface area contributed by atoms with Crippen molar-refractivity contribution >= 4 is 57.3 Å². The molecule has 0 N–H and O–H groups in total. The summed E-state index contributed by atoms with van der Waals surface area (Å²) < 4.78 is 18.0. The van der Waals surface area contributed by atoms with E-state index >= 15 is 0 Å². The second kappa shape index (κ2) is 20.8. The van der Waals surface area contributed by atoms with Gasteiger partial charge in [-0.3, -0.25) is 0 Å². The first-order chi connectivity index (χ1) is 23.6. The number of hydrogen-bond donors (Lipinski definition) is 0. The molecule has 0 amide bonds. The predicted octanol–water partition coefficient (Wildman–Crippen LogP) is 7.59. The standard InChI is InChI=1S/3C15H21OSi.2ClH.Zr/c3*1-11-8-14-12(2)6-7-13(15(14)9-11)10-16-17(3,4)5;;;/h3*6-9H,10H2,1-5H3;2*1H;/q3*-1;;;+2/p-2. The minimum absolute atomic E-state index is 0. The van der Waals surface area contributed by atoms with Crippen LogP contribution in [0.2, 0.25) is 58.9 Å². The number of hydrogen-bond acceptors (Lipinski definition) is 3. The summed E-state index contributed by atoms with van der Waals surface area (Å²) >= 11 is 0. The largest absolute Gasteiger partial charge is 2.00 e. The Bertz CT molecular complexity index is 1850. The van der Waals surface area contributed by atoms with Gasteiger partial charge in [-0.1, -0.05) is 76.4 Å². The first kappa shape index (κ1) is 50.5. The second-order valence-corrected chi connectivity index (χ2v) is 30.9. The van der Waals surface area contributed by atoms with Gasteiger partial charge in [-0.2, -0.15) is 18.2 Å². The van der Waals surface area contributed by atoms with Crippen molar-refractivity contribution in [1.82, 2.24) is 0 Å². The number of fused-ring (bicyclic) bond motifs is 3. The first-order valence-electron chi connectivity index (χ1n) is 18.5. The molecule has 0 bridgehead atoms. The topological polar surface area (TPSA) is 27.7 Å². The fraction of sp³-hybridized carbons (Fsp3) is 0.400. The van der Waals surface area contributed by atoms with Crippen molar-refractivity contribution in [2.45, 2.75) is 120 Å². The Morgan fingerprint density at radius 1 is 0.407 bits per heavy atom. The fourth-order valence-corrected chi connectivity index (χ4v) is 7.97. The van der Waals surface area contributed by atoms with E-state index in [4.69, 9.17) is 13.3 Å². The van der Waals surface area contributed by atoms with Gasteiger partial charge < -0.3 is 38.1 Å². The Hall–Kier alpha value is -1.52. The van der Waals surface area contributed by atoms with Crippen LogP contribution in [0, 0.1) is 41.5 Å². The molecular weight excluding hydrogens is 835 g/mol. The van der Waals surface area contributed by atoms with Crippen molar-refractivity contribution in [2.24, 2.45) is 0 Å². The van der Waals surface area contributed by atoms with Gasteiger partial charge in [-0.15, -0.1) is 102 Å². The van der Waals surface area contributed by atoms with Crippen molar-refractivity contribution in [3.8, 4) is 0 Å². The van der Waals surface area contributed by atoms with E-state index in [-0.39, 0.29) is 51.0 Å². The third-order valence-corrected chi connectivity index (χ3v) is 12.0. The molecule has 6 rings (SSSR count). The maximum atomic E-state index is 6.01. The minimum atomic E-state index is -1.43. The molecule has 0 spiro atoms. The van der Waals surface area contributed by atoms with Crippen LogP contribution in [0.1, 0.15) is 50.1 Å². The van der Waals surface area contributed by atoms with Gasteiger partial charge in [0.15, 0.2) is 25.0 Å². The van der Waals surface area contributed by atoms with Crippen LogP contribution in [0.15, 0.2) is 72.8 Å². The maximum Gasteiger partial charge on any atom is 2.00 e. The Kier molecular flexibility index (Phi) is 19.4. The van der Waals surface area contributed by atoms with Gasteiger partial charge in [-0.05, 0) is 58.9 Å². The van der Waals surface area contributed by atoms with Crippen molar-refractivity contribution < 1.29 is 64.3 Å². The van der Waals surface area contributed by atoms with Crippen LogP contribution in [0.3, 0.4) is 0 Å². The van der Waals surface area contributed by atoms with Crippen LogP contribution >= 0.6 is 0 Å². The van der Waals surface area contributed by atoms with Crippen LogP contribution in [0.25, 0.3) is 32.3 Å². The summed E-state index contributed by atoms with van der Waals surface area (Å²) in [7, 11) is -4.30. The number of halogens is 2. The third kappa shape index (κ3) is 14.8. The van der Waals surface area contributed by atoms with Gasteiger partial charge in [0.05, 0.1) is 19.8 Å². The third-order valence-electron chi connectivity index (χ3n) is 9.00. The zero-order valence-corrected chi connectivity index (χ0v) is 42.5. The van der Waals surface area contributed by atoms with Gasteiger partial charge in [-0.25, -0.2) is 0 Å². The predicted molar refractivity (Wildman–Crippen MR) is 231 cm³/mol. The number of rotatable bonds is 9. The molecule has 9 heteroatoms. The van der Waals surface area contributed by atoms with E-state index in [1.165, 1.54) is 82.4 Å². The Labute approximate surface area is 362 Å². The van der Waals surface area contributed by atoms with Crippen LogP contribution in [0.5, 0.6) is 0 Å². The molecule has 0 atom stereocenters. The van der Waals surface area contributed by atoms with Gasteiger partial charge >= 0.3 is 26.2 Å². The maximum absolute atomic E-state index is 6.01. The summed E-state index contributed by atoms with van der Waals surface area (Å²) in [6.07, 6.45) is 0. The molecule has 6 aromatic rings. The van der Waals surface area contributed by atoms with E-state index in [2.05, 4.69) is 173 Å². The summed E-state index contributed by atoms with van der Waals surface area (Å²) in [6, 6.07) is 26.8. The molecule has 0 saturated heterocycles. The summed E-state index contributed by atoms with van der Waals surface area (Å²) in [4.78, 5) is 0. The van der Waals surface area contributed by atoms with Crippen LogP contribution < -0.4 is 24.8 Å². The second-order valence-electron chi connectivity index (χ2n) is 17.4. The quantitative estimate of drug-likeness (QED) is 0.111. The van der Waals surface area contributed by atoms with E-state index in [1.54, 1.807) is 0 Å². The summed E-state index contributed by atoms with van der Waals surface area (Å²) in [5.41, 5.74) is 12.0. The van der Waals surface area contributed by atoms with Crippen molar-refractivity contribution in [2.75, 3.05) is 0 Å². The molecule has 0 heterocycles. The van der Waals surface area contributed by atoms with Crippen molar-refractivity contribution in [3.63, 3.8) is 0 Å². The van der Waals surface area contributed by atoms with E-state index in [0.29, 0.717) is 0 Å². The number of benzene rings is 3. The molecule has 54 heavy (non-hydrogen) atoms. The normalized spacial score (nSPS) is 11.6. The average molecular weight is 898 g/mol. The Balaban J connectivity index is 0.000000394. The van der Waals surface area contributed by atoms with Crippen molar-refractivity contribution in [1.29, 1.82) is 0 Å². The van der Waals surface area contributed by atoms with Gasteiger partial charge in [0.2, 0.25) is 0 Å². The van der Waals surface area contributed by atoms with Gasteiger partial charge in [0.25, 0.3) is 0 Å². The monoisotopic (exact) mass is 895 g/mol. The molecule has 0 fully saturated rings.